The van der Waals surface area contributed by atoms with E-state index in [9.17, 15) is 4.79 Å². The van der Waals surface area contributed by atoms with Crippen molar-refractivity contribution < 1.29 is 4.79 Å². The van der Waals surface area contributed by atoms with E-state index in [1.54, 1.807) is 0 Å². The third kappa shape index (κ3) is 6.35. The molecule has 0 aliphatic carbocycles. The Morgan fingerprint density at radius 3 is 2.19 bits per heavy atom. The number of nitrogens with zero attached hydrogens (tertiary/aromatic N) is 2. The lowest BCUT2D eigenvalue weighted by Gasteiger charge is -2.11. The number of para-hydroxylation sites is 1. The van der Waals surface area contributed by atoms with Crippen LogP contribution in [0.5, 0.6) is 0 Å². The summed E-state index contributed by atoms with van der Waals surface area (Å²) in [6.45, 7) is 0.540. The smallest absolute Gasteiger partial charge is 0.230 e. The van der Waals surface area contributed by atoms with Crippen molar-refractivity contribution >= 4 is 23.4 Å². The number of nitrogens with one attached hydrogen (secondary N) is 2. The number of nitriles is 2. The van der Waals surface area contributed by atoms with Gasteiger partial charge in [0.15, 0.2) is 5.57 Å². The minimum atomic E-state index is -0.145. The number of hydrogen-bond donors (Lipinski definition) is 2. The molecule has 0 bridgehead atoms. The van der Waals surface area contributed by atoms with Gasteiger partial charge in [0.05, 0.1) is 5.75 Å². The topological polar surface area (TPSA) is 88.7 Å². The molecule has 5 nitrogen and oxygen atoms in total. The van der Waals surface area contributed by atoms with Crippen LogP contribution in [0.4, 0.5) is 5.69 Å². The summed E-state index contributed by atoms with van der Waals surface area (Å²) >= 11 is 1.14. The number of carbonyl (C=O) groups is 1. The average molecular weight is 362 g/mol. The first kappa shape index (κ1) is 19.1. The molecule has 0 atom stereocenters. The standard InChI is InChI=1S/C20H18N4OS/c21-13-17(14-22)20(24-18-9-5-2-6-10-18)26-15-19(25)23-12-11-16-7-3-1-4-8-16/h1-10,24H,11-12,15H2,(H,23,25). The van der Waals surface area contributed by atoms with Crippen molar-refractivity contribution in [3.05, 3.63) is 76.8 Å². The molecule has 0 unspecified atom stereocenters. The summed E-state index contributed by atoms with van der Waals surface area (Å²) in [5.74, 6) is -0.0230. The Morgan fingerprint density at radius 2 is 1.58 bits per heavy atom. The normalized spacial score (nSPS) is 9.46. The van der Waals surface area contributed by atoms with Crippen LogP contribution >= 0.6 is 11.8 Å². The van der Waals surface area contributed by atoms with E-state index in [0.29, 0.717) is 11.6 Å². The fraction of sp³-hybridized carbons (Fsp3) is 0.150. The van der Waals surface area contributed by atoms with Crippen molar-refractivity contribution in [3.63, 3.8) is 0 Å². The van der Waals surface area contributed by atoms with Gasteiger partial charge in [0.2, 0.25) is 5.91 Å². The lowest BCUT2D eigenvalue weighted by Crippen LogP contribution is -2.27. The van der Waals surface area contributed by atoms with Gasteiger partial charge < -0.3 is 10.6 Å². The number of amides is 1. The molecule has 0 heterocycles. The summed E-state index contributed by atoms with van der Waals surface area (Å²) in [6, 6.07) is 22.8. The Labute approximate surface area is 157 Å². The molecule has 6 heteroatoms. The molecule has 0 radical (unpaired) electrons. The molecule has 2 aromatic carbocycles. The Balaban J connectivity index is 1.88. The van der Waals surface area contributed by atoms with Crippen LogP contribution in [-0.2, 0) is 11.2 Å². The molecule has 1 amide bonds. The number of hydrogen-bond acceptors (Lipinski definition) is 5. The highest BCUT2D eigenvalue weighted by Crippen LogP contribution is 2.22. The number of allylic oxidation sites excluding steroid dienone is 1. The maximum Gasteiger partial charge on any atom is 0.230 e. The van der Waals surface area contributed by atoms with E-state index in [0.717, 1.165) is 29.4 Å². The molecule has 0 aromatic heterocycles. The van der Waals surface area contributed by atoms with E-state index < -0.39 is 0 Å². The Kier molecular flexibility index (Phi) is 7.79. The van der Waals surface area contributed by atoms with E-state index in [1.807, 2.05) is 72.8 Å². The van der Waals surface area contributed by atoms with Gasteiger partial charge in [-0.15, -0.1) is 0 Å². The number of carbonyl (C=O) groups excluding carboxylic acids is 1. The van der Waals surface area contributed by atoms with Crippen molar-refractivity contribution in [1.82, 2.24) is 5.32 Å². The summed E-state index contributed by atoms with van der Waals surface area (Å²) in [5, 5.41) is 24.5. The summed E-state index contributed by atoms with van der Waals surface area (Å²) < 4.78 is 0. The molecule has 130 valence electrons. The van der Waals surface area contributed by atoms with Gasteiger partial charge in [0.1, 0.15) is 17.2 Å². The van der Waals surface area contributed by atoms with Gasteiger partial charge in [-0.25, -0.2) is 0 Å². The van der Waals surface area contributed by atoms with Crippen LogP contribution in [0.25, 0.3) is 0 Å². The SMILES string of the molecule is N#CC(C#N)=C(Nc1ccccc1)SCC(=O)NCCc1ccccc1. The van der Waals surface area contributed by atoms with Gasteiger partial charge >= 0.3 is 0 Å². The number of thioether (sulfide) groups is 1. The highest BCUT2D eigenvalue weighted by atomic mass is 32.2. The van der Waals surface area contributed by atoms with Crippen molar-refractivity contribution in [1.29, 1.82) is 10.5 Å². The molecule has 26 heavy (non-hydrogen) atoms. The molecule has 2 rings (SSSR count). The zero-order valence-electron chi connectivity index (χ0n) is 14.1. The fourth-order valence-electron chi connectivity index (χ4n) is 2.13. The summed E-state index contributed by atoms with van der Waals surface area (Å²) in [7, 11) is 0. The van der Waals surface area contributed by atoms with Gasteiger partial charge in [-0.1, -0.05) is 60.3 Å². The van der Waals surface area contributed by atoms with Crippen molar-refractivity contribution in [3.8, 4) is 12.1 Å². The first-order valence-corrected chi connectivity index (χ1v) is 9.01. The molecular weight excluding hydrogens is 344 g/mol. The fourth-order valence-corrected chi connectivity index (χ4v) is 2.93. The minimum Gasteiger partial charge on any atom is -0.355 e. The summed E-state index contributed by atoms with van der Waals surface area (Å²) in [6.07, 6.45) is 0.754. The van der Waals surface area contributed by atoms with Crippen molar-refractivity contribution in [2.75, 3.05) is 17.6 Å². The molecule has 0 saturated heterocycles. The van der Waals surface area contributed by atoms with E-state index >= 15 is 0 Å². The Morgan fingerprint density at radius 1 is 0.962 bits per heavy atom. The Bertz CT molecular complexity index is 820. The predicted octanol–water partition coefficient (Wildman–Crippen LogP) is 3.45. The average Bonchev–Trinajstić information content (AvgIpc) is 2.68. The lowest BCUT2D eigenvalue weighted by molar-refractivity contribution is -0.118. The Hall–Kier alpha value is -3.22. The van der Waals surface area contributed by atoms with E-state index in [-0.39, 0.29) is 17.2 Å². The molecule has 0 aliphatic rings. The van der Waals surface area contributed by atoms with Gasteiger partial charge in [0, 0.05) is 12.2 Å². The molecule has 0 saturated carbocycles. The summed E-state index contributed by atoms with van der Waals surface area (Å²) in [4.78, 5) is 12.0. The van der Waals surface area contributed by atoms with Crippen LogP contribution in [0.2, 0.25) is 0 Å². The maximum atomic E-state index is 12.0. The van der Waals surface area contributed by atoms with E-state index in [1.165, 1.54) is 0 Å². The first-order chi connectivity index (χ1) is 12.7. The van der Waals surface area contributed by atoms with Crippen LogP contribution in [0, 0.1) is 22.7 Å². The third-order valence-electron chi connectivity index (χ3n) is 3.41. The first-order valence-electron chi connectivity index (χ1n) is 8.03. The molecule has 2 aromatic rings. The van der Waals surface area contributed by atoms with Gasteiger partial charge in [0.25, 0.3) is 0 Å². The van der Waals surface area contributed by atoms with Crippen LogP contribution in [0.15, 0.2) is 71.3 Å². The second-order valence-electron chi connectivity index (χ2n) is 5.29. The second kappa shape index (κ2) is 10.6. The van der Waals surface area contributed by atoms with Crippen molar-refractivity contribution in [2.45, 2.75) is 6.42 Å². The van der Waals surface area contributed by atoms with Crippen LogP contribution in [0.3, 0.4) is 0 Å². The zero-order chi connectivity index (χ0) is 18.6. The molecule has 0 spiro atoms. The molecule has 0 aliphatic heterocycles. The van der Waals surface area contributed by atoms with Crippen LogP contribution in [0.1, 0.15) is 5.56 Å². The number of anilines is 1. The van der Waals surface area contributed by atoms with Crippen LogP contribution < -0.4 is 10.6 Å². The maximum absolute atomic E-state index is 12.0. The number of benzene rings is 2. The number of rotatable bonds is 8. The predicted molar refractivity (Wildman–Crippen MR) is 104 cm³/mol. The molecule has 2 N–H and O–H groups in total. The van der Waals surface area contributed by atoms with Gasteiger partial charge in [-0.3, -0.25) is 4.79 Å². The van der Waals surface area contributed by atoms with Gasteiger partial charge in [-0.2, -0.15) is 10.5 Å². The van der Waals surface area contributed by atoms with E-state index in [4.69, 9.17) is 10.5 Å². The van der Waals surface area contributed by atoms with E-state index in [2.05, 4.69) is 10.6 Å². The van der Waals surface area contributed by atoms with Crippen LogP contribution in [-0.4, -0.2) is 18.2 Å². The quantitative estimate of drug-likeness (QED) is 0.702. The highest BCUT2D eigenvalue weighted by molar-refractivity contribution is 8.03. The zero-order valence-corrected chi connectivity index (χ0v) is 14.9. The molecular formula is C20H18N4OS. The molecule has 0 fully saturated rings. The second-order valence-corrected chi connectivity index (χ2v) is 6.28. The minimum absolute atomic E-state index is 0.0454. The highest BCUT2D eigenvalue weighted by Gasteiger charge is 2.11. The third-order valence-corrected chi connectivity index (χ3v) is 4.41. The lowest BCUT2D eigenvalue weighted by atomic mass is 10.1. The largest absolute Gasteiger partial charge is 0.355 e. The monoisotopic (exact) mass is 362 g/mol. The van der Waals surface area contributed by atoms with Gasteiger partial charge in [-0.05, 0) is 24.1 Å². The van der Waals surface area contributed by atoms with Crippen molar-refractivity contribution in [2.24, 2.45) is 0 Å². The summed E-state index contributed by atoms with van der Waals surface area (Å²) in [5.41, 5.74) is 1.86.